The number of nitrogens with one attached hydrogen (secondary N) is 1. The number of amides is 2. The standard InChI is InChI=1S/C19H18F4N2O3/c1-2-25(18(27)12-28-14-9-7-13(20)8-10-14)11-17(26)24-16-6-4-3-5-15(16)19(21,22)23/h3-10H,2,11-12H2,1H3,(H,24,26). The summed E-state index contributed by atoms with van der Waals surface area (Å²) >= 11 is 0. The Hall–Kier alpha value is -3.10. The average Bonchev–Trinajstić information content (AvgIpc) is 2.65. The number of nitrogens with zero attached hydrogens (tertiary/aromatic N) is 1. The lowest BCUT2D eigenvalue weighted by atomic mass is 10.1. The lowest BCUT2D eigenvalue weighted by molar-refractivity contribution is -0.137. The summed E-state index contributed by atoms with van der Waals surface area (Å²) in [5.41, 5.74) is -1.36. The molecule has 0 spiro atoms. The molecule has 0 aliphatic carbocycles. The van der Waals surface area contributed by atoms with Crippen molar-refractivity contribution in [3.05, 3.63) is 59.9 Å². The first-order valence-electron chi connectivity index (χ1n) is 8.33. The summed E-state index contributed by atoms with van der Waals surface area (Å²) in [6.45, 7) is 0.937. The zero-order valence-corrected chi connectivity index (χ0v) is 14.9. The van der Waals surface area contributed by atoms with Crippen LogP contribution in [-0.2, 0) is 15.8 Å². The highest BCUT2D eigenvalue weighted by atomic mass is 19.4. The van der Waals surface area contributed by atoms with E-state index in [9.17, 15) is 27.2 Å². The SMILES string of the molecule is CCN(CC(=O)Nc1ccccc1C(F)(F)F)C(=O)COc1ccc(F)cc1. The molecule has 1 N–H and O–H groups in total. The number of carbonyl (C=O) groups excluding carboxylic acids is 2. The van der Waals surface area contributed by atoms with Gasteiger partial charge in [-0.2, -0.15) is 13.2 Å². The highest BCUT2D eigenvalue weighted by Gasteiger charge is 2.33. The van der Waals surface area contributed by atoms with Crippen LogP contribution in [0.3, 0.4) is 0 Å². The van der Waals surface area contributed by atoms with Crippen LogP contribution in [0, 0.1) is 5.82 Å². The molecule has 2 amide bonds. The summed E-state index contributed by atoms with van der Waals surface area (Å²) in [5.74, 6) is -1.49. The van der Waals surface area contributed by atoms with E-state index in [4.69, 9.17) is 4.74 Å². The van der Waals surface area contributed by atoms with Gasteiger partial charge in [-0.25, -0.2) is 4.39 Å². The Morgan fingerprint density at radius 3 is 2.32 bits per heavy atom. The van der Waals surface area contributed by atoms with E-state index in [-0.39, 0.29) is 18.0 Å². The van der Waals surface area contributed by atoms with Crippen molar-refractivity contribution in [2.75, 3.05) is 25.0 Å². The highest BCUT2D eigenvalue weighted by Crippen LogP contribution is 2.34. The molecule has 0 heterocycles. The first-order valence-corrected chi connectivity index (χ1v) is 8.33. The molecule has 0 aliphatic rings. The van der Waals surface area contributed by atoms with Crippen molar-refractivity contribution in [3.63, 3.8) is 0 Å². The van der Waals surface area contributed by atoms with Gasteiger partial charge in [-0.3, -0.25) is 9.59 Å². The van der Waals surface area contributed by atoms with E-state index in [2.05, 4.69) is 5.32 Å². The molecule has 5 nitrogen and oxygen atoms in total. The Morgan fingerprint density at radius 1 is 1.07 bits per heavy atom. The van der Waals surface area contributed by atoms with Crippen molar-refractivity contribution < 1.29 is 31.9 Å². The Bertz CT molecular complexity index is 823. The maximum Gasteiger partial charge on any atom is 0.418 e. The van der Waals surface area contributed by atoms with Crippen LogP contribution in [0.4, 0.5) is 23.2 Å². The zero-order valence-electron chi connectivity index (χ0n) is 14.9. The molecular formula is C19H18F4N2O3. The average molecular weight is 398 g/mol. The molecule has 150 valence electrons. The zero-order chi connectivity index (χ0) is 20.7. The summed E-state index contributed by atoms with van der Waals surface area (Å²) in [6, 6.07) is 9.61. The van der Waals surface area contributed by atoms with Gasteiger partial charge in [0.25, 0.3) is 5.91 Å². The lowest BCUT2D eigenvalue weighted by Gasteiger charge is -2.21. The number of para-hydroxylation sites is 1. The number of halogens is 4. The molecular weight excluding hydrogens is 380 g/mol. The van der Waals surface area contributed by atoms with Crippen molar-refractivity contribution in [1.82, 2.24) is 4.90 Å². The molecule has 2 aromatic rings. The van der Waals surface area contributed by atoms with Crippen LogP contribution in [0.2, 0.25) is 0 Å². The number of benzene rings is 2. The number of rotatable bonds is 7. The van der Waals surface area contributed by atoms with Gasteiger partial charge in [0.15, 0.2) is 6.61 Å². The van der Waals surface area contributed by atoms with Gasteiger partial charge in [-0.1, -0.05) is 12.1 Å². The monoisotopic (exact) mass is 398 g/mol. The van der Waals surface area contributed by atoms with Crippen LogP contribution in [0.5, 0.6) is 5.75 Å². The normalized spacial score (nSPS) is 11.0. The fourth-order valence-corrected chi connectivity index (χ4v) is 2.35. The molecule has 0 unspecified atom stereocenters. The summed E-state index contributed by atoms with van der Waals surface area (Å²) < 4.78 is 57.0. The number of alkyl halides is 3. The minimum atomic E-state index is -4.62. The van der Waals surface area contributed by atoms with Crippen LogP contribution in [0.15, 0.2) is 48.5 Å². The van der Waals surface area contributed by atoms with Crippen molar-refractivity contribution in [3.8, 4) is 5.75 Å². The molecule has 0 radical (unpaired) electrons. The van der Waals surface area contributed by atoms with Crippen LogP contribution < -0.4 is 10.1 Å². The first-order chi connectivity index (χ1) is 13.2. The largest absolute Gasteiger partial charge is 0.484 e. The predicted octanol–water partition coefficient (Wildman–Crippen LogP) is 3.71. The van der Waals surface area contributed by atoms with Gasteiger partial charge in [0, 0.05) is 6.54 Å². The summed E-state index contributed by atoms with van der Waals surface area (Å²) in [7, 11) is 0. The molecule has 0 aliphatic heterocycles. The van der Waals surface area contributed by atoms with E-state index in [1.807, 2.05) is 0 Å². The van der Waals surface area contributed by atoms with Crippen molar-refractivity contribution in [1.29, 1.82) is 0 Å². The molecule has 2 rings (SSSR count). The quantitative estimate of drug-likeness (QED) is 0.724. The molecule has 0 atom stereocenters. The third-order valence-corrected chi connectivity index (χ3v) is 3.75. The molecule has 0 saturated carbocycles. The van der Waals surface area contributed by atoms with Gasteiger partial charge in [-0.05, 0) is 43.3 Å². The number of likely N-dealkylation sites (N-methyl/N-ethyl adjacent to an activating group) is 1. The molecule has 0 aromatic heterocycles. The number of ether oxygens (including phenoxy) is 1. The highest BCUT2D eigenvalue weighted by molar-refractivity contribution is 5.95. The van der Waals surface area contributed by atoms with E-state index in [0.29, 0.717) is 0 Å². The number of carbonyl (C=O) groups is 2. The fourth-order valence-electron chi connectivity index (χ4n) is 2.35. The maximum absolute atomic E-state index is 13.0. The van der Waals surface area contributed by atoms with Gasteiger partial charge in [0.2, 0.25) is 5.91 Å². The van der Waals surface area contributed by atoms with Gasteiger partial charge in [0.1, 0.15) is 11.6 Å². The predicted molar refractivity (Wildman–Crippen MR) is 94.2 cm³/mol. The Kier molecular flexibility index (Phi) is 6.97. The second-order valence-electron chi connectivity index (χ2n) is 5.74. The summed E-state index contributed by atoms with van der Waals surface area (Å²) in [4.78, 5) is 25.5. The molecule has 9 heteroatoms. The third kappa shape index (κ3) is 5.97. The second kappa shape index (κ2) is 9.20. The molecule has 0 fully saturated rings. The summed E-state index contributed by atoms with van der Waals surface area (Å²) in [5, 5.41) is 2.18. The number of hydrogen-bond acceptors (Lipinski definition) is 3. The van der Waals surface area contributed by atoms with E-state index in [0.717, 1.165) is 17.0 Å². The van der Waals surface area contributed by atoms with Crippen LogP contribution in [0.25, 0.3) is 0 Å². The van der Waals surface area contributed by atoms with Gasteiger partial charge in [-0.15, -0.1) is 0 Å². The van der Waals surface area contributed by atoms with E-state index >= 15 is 0 Å². The smallest absolute Gasteiger partial charge is 0.418 e. The first kappa shape index (κ1) is 21.2. The Morgan fingerprint density at radius 2 is 1.71 bits per heavy atom. The number of hydrogen-bond donors (Lipinski definition) is 1. The lowest BCUT2D eigenvalue weighted by Crippen LogP contribution is -2.40. The van der Waals surface area contributed by atoms with E-state index in [1.165, 1.54) is 36.4 Å². The molecule has 28 heavy (non-hydrogen) atoms. The van der Waals surface area contributed by atoms with Crippen molar-refractivity contribution in [2.45, 2.75) is 13.1 Å². The Labute approximate surface area is 158 Å². The number of anilines is 1. The second-order valence-corrected chi connectivity index (χ2v) is 5.74. The molecule has 2 aromatic carbocycles. The van der Waals surface area contributed by atoms with Crippen molar-refractivity contribution in [2.24, 2.45) is 0 Å². The van der Waals surface area contributed by atoms with Gasteiger partial charge >= 0.3 is 6.18 Å². The molecule has 0 bridgehead atoms. The fraction of sp³-hybridized carbons (Fsp3) is 0.263. The van der Waals surface area contributed by atoms with Gasteiger partial charge in [0.05, 0.1) is 17.8 Å². The van der Waals surface area contributed by atoms with Crippen LogP contribution in [-0.4, -0.2) is 36.4 Å². The topological polar surface area (TPSA) is 58.6 Å². The Balaban J connectivity index is 1.95. The summed E-state index contributed by atoms with van der Waals surface area (Å²) in [6.07, 6.45) is -4.62. The van der Waals surface area contributed by atoms with E-state index < -0.39 is 42.5 Å². The van der Waals surface area contributed by atoms with Crippen molar-refractivity contribution >= 4 is 17.5 Å². The minimum Gasteiger partial charge on any atom is -0.484 e. The van der Waals surface area contributed by atoms with Gasteiger partial charge < -0.3 is 15.0 Å². The maximum atomic E-state index is 13.0. The minimum absolute atomic E-state index is 0.153. The third-order valence-electron chi connectivity index (χ3n) is 3.75. The van der Waals surface area contributed by atoms with Crippen LogP contribution in [0.1, 0.15) is 12.5 Å². The van der Waals surface area contributed by atoms with E-state index in [1.54, 1.807) is 6.92 Å². The van der Waals surface area contributed by atoms with Crippen LogP contribution >= 0.6 is 0 Å². The molecule has 0 saturated heterocycles.